The van der Waals surface area contributed by atoms with Gasteiger partial charge in [-0.25, -0.2) is 0 Å². The van der Waals surface area contributed by atoms with Gasteiger partial charge < -0.3 is 10.4 Å². The molecule has 4 nitrogen and oxygen atoms in total. The van der Waals surface area contributed by atoms with Crippen molar-refractivity contribution in [2.45, 2.75) is 51.4 Å². The van der Waals surface area contributed by atoms with Crippen LogP contribution in [0.5, 0.6) is 0 Å². The van der Waals surface area contributed by atoms with Crippen molar-refractivity contribution in [3.05, 3.63) is 34.9 Å². The minimum Gasteiger partial charge on any atom is -0.481 e. The molecule has 0 spiro atoms. The normalized spacial score (nSPS) is 13.5. The summed E-state index contributed by atoms with van der Waals surface area (Å²) in [6.07, 6.45) is 7.09. The highest BCUT2D eigenvalue weighted by Crippen LogP contribution is 2.22. The summed E-state index contributed by atoms with van der Waals surface area (Å²) in [6.45, 7) is 0.215. The van der Waals surface area contributed by atoms with Gasteiger partial charge in [-0.15, -0.1) is 0 Å². The van der Waals surface area contributed by atoms with E-state index in [1.165, 1.54) is 42.4 Å². The molecule has 1 aliphatic rings. The molecule has 4 heteroatoms. The van der Waals surface area contributed by atoms with Crippen LogP contribution in [0.25, 0.3) is 0 Å². The van der Waals surface area contributed by atoms with Crippen molar-refractivity contribution in [1.82, 2.24) is 5.32 Å². The lowest BCUT2D eigenvalue weighted by Crippen LogP contribution is -2.25. The summed E-state index contributed by atoms with van der Waals surface area (Å²) < 4.78 is 0. The van der Waals surface area contributed by atoms with Crippen LogP contribution in [0.1, 0.15) is 48.8 Å². The molecular formula is C17H23NO3. The van der Waals surface area contributed by atoms with Gasteiger partial charge in [-0.05, 0) is 55.2 Å². The summed E-state index contributed by atoms with van der Waals surface area (Å²) in [5, 5.41) is 11.1. The maximum absolute atomic E-state index is 11.5. The average molecular weight is 289 g/mol. The molecule has 1 aromatic rings. The zero-order valence-corrected chi connectivity index (χ0v) is 12.4. The molecule has 0 aromatic heterocycles. The molecule has 0 saturated carbocycles. The van der Waals surface area contributed by atoms with E-state index in [2.05, 4.69) is 23.5 Å². The quantitative estimate of drug-likeness (QED) is 0.810. The van der Waals surface area contributed by atoms with Crippen LogP contribution in [-0.2, 0) is 28.9 Å². The first-order chi connectivity index (χ1) is 10.1. The molecule has 0 aliphatic heterocycles. The molecule has 0 fully saturated rings. The second kappa shape index (κ2) is 7.81. The molecule has 0 unspecified atom stereocenters. The number of hydrogen-bond donors (Lipinski definition) is 2. The summed E-state index contributed by atoms with van der Waals surface area (Å²) in [5.74, 6) is -0.946. The van der Waals surface area contributed by atoms with E-state index in [-0.39, 0.29) is 18.9 Å². The van der Waals surface area contributed by atoms with E-state index < -0.39 is 5.97 Å². The van der Waals surface area contributed by atoms with Crippen LogP contribution in [0.3, 0.4) is 0 Å². The Kier molecular flexibility index (Phi) is 5.78. The minimum absolute atomic E-state index is 0.0173. The first kappa shape index (κ1) is 15.5. The topological polar surface area (TPSA) is 66.4 Å². The van der Waals surface area contributed by atoms with Gasteiger partial charge in [-0.1, -0.05) is 18.2 Å². The Morgan fingerprint density at radius 1 is 1.10 bits per heavy atom. The van der Waals surface area contributed by atoms with E-state index in [9.17, 15) is 9.59 Å². The smallest absolute Gasteiger partial charge is 0.305 e. The molecule has 114 valence electrons. The van der Waals surface area contributed by atoms with Crippen LogP contribution in [0.4, 0.5) is 0 Å². The number of rotatable bonds is 7. The molecule has 21 heavy (non-hydrogen) atoms. The number of benzene rings is 1. The minimum atomic E-state index is -0.885. The molecule has 0 bridgehead atoms. The van der Waals surface area contributed by atoms with Crippen LogP contribution >= 0.6 is 0 Å². The molecule has 2 rings (SSSR count). The number of hydrogen-bond acceptors (Lipinski definition) is 2. The number of carboxylic acids is 1. The molecule has 0 heterocycles. The van der Waals surface area contributed by atoms with Crippen molar-refractivity contribution in [3.8, 4) is 0 Å². The summed E-state index contributed by atoms with van der Waals surface area (Å²) in [6, 6.07) is 6.69. The second-order valence-electron chi connectivity index (χ2n) is 5.66. The van der Waals surface area contributed by atoms with Gasteiger partial charge in [0.1, 0.15) is 0 Å². The maximum Gasteiger partial charge on any atom is 0.305 e. The van der Waals surface area contributed by atoms with Gasteiger partial charge in [0.15, 0.2) is 0 Å². The standard InChI is InChI=1S/C17H23NO3/c19-16(18-11-10-17(20)21)7-3-4-13-8-9-14-5-1-2-6-15(14)12-13/h8-9,12H,1-7,10-11H2,(H,18,19)(H,20,21). The Hall–Kier alpha value is -1.84. The lowest BCUT2D eigenvalue weighted by molar-refractivity contribution is -0.136. The van der Waals surface area contributed by atoms with Crippen molar-refractivity contribution in [1.29, 1.82) is 0 Å². The lowest BCUT2D eigenvalue weighted by atomic mass is 9.89. The lowest BCUT2D eigenvalue weighted by Gasteiger charge is -2.16. The highest BCUT2D eigenvalue weighted by Gasteiger charge is 2.09. The van der Waals surface area contributed by atoms with Gasteiger partial charge >= 0.3 is 5.97 Å². The zero-order chi connectivity index (χ0) is 15.1. The van der Waals surface area contributed by atoms with E-state index in [4.69, 9.17) is 5.11 Å². The maximum atomic E-state index is 11.5. The zero-order valence-electron chi connectivity index (χ0n) is 12.4. The largest absolute Gasteiger partial charge is 0.481 e. The molecule has 1 aliphatic carbocycles. The Balaban J connectivity index is 1.71. The van der Waals surface area contributed by atoms with Crippen LogP contribution in [-0.4, -0.2) is 23.5 Å². The fourth-order valence-corrected chi connectivity index (χ4v) is 2.79. The number of carboxylic acid groups (broad SMARTS) is 1. The molecular weight excluding hydrogens is 266 g/mol. The van der Waals surface area contributed by atoms with Crippen molar-refractivity contribution in [2.75, 3.05) is 6.54 Å². The number of aryl methyl sites for hydroxylation is 3. The number of amides is 1. The molecule has 1 amide bonds. The van der Waals surface area contributed by atoms with Gasteiger partial charge in [0, 0.05) is 13.0 Å². The van der Waals surface area contributed by atoms with Crippen LogP contribution in [0.15, 0.2) is 18.2 Å². The molecule has 0 radical (unpaired) electrons. The van der Waals surface area contributed by atoms with Gasteiger partial charge in [0.25, 0.3) is 0 Å². The second-order valence-corrected chi connectivity index (χ2v) is 5.66. The predicted molar refractivity (Wildman–Crippen MR) is 81.3 cm³/mol. The van der Waals surface area contributed by atoms with Gasteiger partial charge in [-0.3, -0.25) is 9.59 Å². The van der Waals surface area contributed by atoms with Crippen LogP contribution in [0.2, 0.25) is 0 Å². The van der Waals surface area contributed by atoms with Gasteiger partial charge in [-0.2, -0.15) is 0 Å². The van der Waals surface area contributed by atoms with Gasteiger partial charge in [0.05, 0.1) is 6.42 Å². The Morgan fingerprint density at radius 2 is 1.86 bits per heavy atom. The first-order valence-corrected chi connectivity index (χ1v) is 7.74. The van der Waals surface area contributed by atoms with Gasteiger partial charge in [0.2, 0.25) is 5.91 Å². The highest BCUT2D eigenvalue weighted by atomic mass is 16.4. The van der Waals surface area contributed by atoms with E-state index in [1.54, 1.807) is 0 Å². The van der Waals surface area contributed by atoms with Crippen molar-refractivity contribution >= 4 is 11.9 Å². The monoisotopic (exact) mass is 289 g/mol. The molecule has 0 atom stereocenters. The number of fused-ring (bicyclic) bond motifs is 1. The summed E-state index contributed by atoms with van der Waals surface area (Å²) in [4.78, 5) is 21.9. The van der Waals surface area contributed by atoms with Crippen molar-refractivity contribution < 1.29 is 14.7 Å². The Labute approximate surface area is 125 Å². The number of nitrogens with one attached hydrogen (secondary N) is 1. The Morgan fingerprint density at radius 3 is 2.62 bits per heavy atom. The average Bonchev–Trinajstić information content (AvgIpc) is 2.47. The molecule has 1 aromatic carbocycles. The van der Waals surface area contributed by atoms with E-state index in [1.807, 2.05) is 0 Å². The third-order valence-electron chi connectivity index (χ3n) is 3.94. The third-order valence-corrected chi connectivity index (χ3v) is 3.94. The van der Waals surface area contributed by atoms with E-state index in [0.29, 0.717) is 6.42 Å². The molecule has 2 N–H and O–H groups in total. The van der Waals surface area contributed by atoms with Crippen molar-refractivity contribution in [2.24, 2.45) is 0 Å². The fourth-order valence-electron chi connectivity index (χ4n) is 2.79. The molecule has 0 saturated heterocycles. The first-order valence-electron chi connectivity index (χ1n) is 7.74. The number of carbonyl (C=O) groups excluding carboxylic acids is 1. The fraction of sp³-hybridized carbons (Fsp3) is 0.529. The van der Waals surface area contributed by atoms with Crippen LogP contribution < -0.4 is 5.32 Å². The highest BCUT2D eigenvalue weighted by molar-refractivity contribution is 5.76. The number of carbonyl (C=O) groups is 2. The number of aliphatic carboxylic acids is 1. The summed E-state index contributed by atoms with van der Waals surface area (Å²) in [7, 11) is 0. The Bertz CT molecular complexity index is 511. The third kappa shape index (κ3) is 5.21. The SMILES string of the molecule is O=C(O)CCNC(=O)CCCc1ccc2c(c1)CCCC2. The van der Waals surface area contributed by atoms with E-state index >= 15 is 0 Å². The van der Waals surface area contributed by atoms with Crippen molar-refractivity contribution in [3.63, 3.8) is 0 Å². The van der Waals surface area contributed by atoms with E-state index in [0.717, 1.165) is 12.8 Å². The summed E-state index contributed by atoms with van der Waals surface area (Å²) >= 11 is 0. The summed E-state index contributed by atoms with van der Waals surface area (Å²) in [5.41, 5.74) is 4.26. The predicted octanol–water partition coefficient (Wildman–Crippen LogP) is 2.48. The van der Waals surface area contributed by atoms with Crippen LogP contribution in [0, 0.1) is 0 Å².